The summed E-state index contributed by atoms with van der Waals surface area (Å²) in [4.78, 5) is 63.9. The minimum Gasteiger partial charge on any atom is -0.504 e. The smallest absolute Gasteiger partial charge is 0.271 e. The Kier molecular flexibility index (Phi) is 7.37. The number of carbonyl (C=O) groups excluding carboxylic acids is 4. The third kappa shape index (κ3) is 4.14. The van der Waals surface area contributed by atoms with Crippen molar-refractivity contribution in [2.75, 3.05) is 17.5 Å². The number of anilines is 1. The van der Waals surface area contributed by atoms with Crippen molar-refractivity contribution in [3.8, 4) is 11.5 Å². The zero-order valence-electron chi connectivity index (χ0n) is 23.0. The van der Waals surface area contributed by atoms with E-state index in [0.29, 0.717) is 11.1 Å². The molecule has 1 saturated carbocycles. The second-order valence-corrected chi connectivity index (χ2v) is 12.9. The fraction of sp³-hybridized carbons (Fsp3) is 0.333. The molecule has 14 heteroatoms. The van der Waals surface area contributed by atoms with Crippen LogP contribution in [0.25, 0.3) is 6.08 Å². The summed E-state index contributed by atoms with van der Waals surface area (Å²) in [6, 6.07) is 9.92. The van der Waals surface area contributed by atoms with Crippen LogP contribution in [0, 0.1) is 33.8 Å². The van der Waals surface area contributed by atoms with Gasteiger partial charge in [0.1, 0.15) is 0 Å². The van der Waals surface area contributed by atoms with Crippen LogP contribution in [-0.2, 0) is 19.2 Å². The number of rotatable bonds is 6. The summed E-state index contributed by atoms with van der Waals surface area (Å²) < 4.78 is 5.20. The summed E-state index contributed by atoms with van der Waals surface area (Å²) in [7, 11) is 1.40. The summed E-state index contributed by atoms with van der Waals surface area (Å²) in [6.07, 6.45) is 5.07. The first-order valence-corrected chi connectivity index (χ1v) is 15.4. The number of phenols is 1. The molecule has 2 aliphatic heterocycles. The zero-order valence-corrected chi connectivity index (χ0v) is 26.1. The van der Waals surface area contributed by atoms with Crippen LogP contribution in [0.15, 0.2) is 60.2 Å². The van der Waals surface area contributed by atoms with Gasteiger partial charge in [-0.2, -0.15) is 0 Å². The number of imide groups is 2. The number of nitrogens with zero attached hydrogens (tertiary/aromatic N) is 3. The molecule has 0 spiro atoms. The van der Waals surface area contributed by atoms with Gasteiger partial charge >= 0.3 is 0 Å². The third-order valence-electron chi connectivity index (χ3n) is 9.06. The first-order valence-electron chi connectivity index (χ1n) is 13.6. The van der Waals surface area contributed by atoms with Gasteiger partial charge in [-0.1, -0.05) is 51.9 Å². The Labute approximate surface area is 269 Å². The maximum absolute atomic E-state index is 14.0. The number of aromatic hydroxyl groups is 1. The van der Waals surface area contributed by atoms with Crippen molar-refractivity contribution in [1.29, 1.82) is 0 Å². The number of non-ortho nitro benzene ring substituents is 1. The maximum Gasteiger partial charge on any atom is 0.271 e. The highest BCUT2D eigenvalue weighted by Gasteiger charge is 2.75. The number of amides is 4. The van der Waals surface area contributed by atoms with Gasteiger partial charge in [-0.15, -0.1) is 23.2 Å². The Bertz CT molecular complexity index is 1710. The minimum atomic E-state index is -1.95. The number of phenolic OH excluding ortho intramolecular Hbond substituents is 1. The van der Waals surface area contributed by atoms with E-state index in [-0.39, 0.29) is 41.2 Å². The number of ether oxygens (including phenoxy) is 1. The van der Waals surface area contributed by atoms with Gasteiger partial charge in [0.25, 0.3) is 17.5 Å². The molecule has 2 aromatic carbocycles. The lowest BCUT2D eigenvalue weighted by molar-refractivity contribution is -0.384. The topological polar surface area (TPSA) is 147 Å². The van der Waals surface area contributed by atoms with Crippen molar-refractivity contribution in [1.82, 2.24) is 4.90 Å². The maximum atomic E-state index is 14.0. The van der Waals surface area contributed by atoms with Crippen LogP contribution < -0.4 is 9.64 Å². The van der Waals surface area contributed by atoms with Crippen LogP contribution in [0.3, 0.4) is 0 Å². The fourth-order valence-corrected chi connectivity index (χ4v) is 8.39. The lowest BCUT2D eigenvalue weighted by Gasteiger charge is -2.49. The van der Waals surface area contributed by atoms with E-state index < -0.39 is 62.0 Å². The van der Waals surface area contributed by atoms with Gasteiger partial charge in [-0.3, -0.25) is 34.2 Å². The lowest BCUT2D eigenvalue weighted by atomic mass is 9.57. The highest BCUT2D eigenvalue weighted by atomic mass is 79.9. The average molecular weight is 705 g/mol. The molecule has 6 atom stereocenters. The van der Waals surface area contributed by atoms with E-state index in [2.05, 4.69) is 15.9 Å². The largest absolute Gasteiger partial charge is 0.504 e. The number of allylic oxidation sites excluding steroid dienone is 3. The Hall–Kier alpha value is -3.74. The van der Waals surface area contributed by atoms with Crippen LogP contribution in [-0.4, -0.2) is 60.9 Å². The molecule has 1 N–H and O–H groups in total. The van der Waals surface area contributed by atoms with Gasteiger partial charge < -0.3 is 9.84 Å². The normalized spacial score (nSPS) is 31.2. The number of alkyl halides is 3. The van der Waals surface area contributed by atoms with E-state index in [4.69, 9.17) is 27.9 Å². The third-order valence-corrected chi connectivity index (χ3v) is 11.0. The summed E-state index contributed by atoms with van der Waals surface area (Å²) in [5.74, 6) is -5.79. The quantitative estimate of drug-likeness (QED) is 0.113. The Morgan fingerprint density at radius 1 is 1.11 bits per heavy atom. The molecule has 44 heavy (non-hydrogen) atoms. The predicted octanol–water partition coefficient (Wildman–Crippen LogP) is 4.77. The Balaban J connectivity index is 1.46. The number of nitro groups is 1. The van der Waals surface area contributed by atoms with E-state index in [0.717, 1.165) is 9.80 Å². The van der Waals surface area contributed by atoms with Crippen molar-refractivity contribution < 1.29 is 33.9 Å². The van der Waals surface area contributed by atoms with Crippen LogP contribution in [0.1, 0.15) is 18.4 Å². The fourth-order valence-electron chi connectivity index (χ4n) is 7.01. The molecular formula is C30H24BrCl2N3O8. The molecule has 2 aliphatic carbocycles. The van der Waals surface area contributed by atoms with E-state index in [1.165, 1.54) is 37.4 Å². The van der Waals surface area contributed by atoms with Crippen molar-refractivity contribution in [3.05, 3.63) is 75.9 Å². The number of fused-ring (bicyclic) bond motifs is 4. The molecule has 3 fully saturated rings. The first kappa shape index (κ1) is 30.3. The van der Waals surface area contributed by atoms with Gasteiger partial charge in [0, 0.05) is 18.1 Å². The van der Waals surface area contributed by atoms with E-state index >= 15 is 0 Å². The lowest BCUT2D eigenvalue weighted by Crippen LogP contribution is -2.60. The van der Waals surface area contributed by atoms with Gasteiger partial charge in [-0.05, 0) is 42.5 Å². The van der Waals surface area contributed by atoms with E-state index in [1.807, 2.05) is 0 Å². The SMILES string of the molecule is COc1cc(C=C[C@H]2C3=CC[C@@H]4C(=O)N(c5cccc([N+](=O)[O-])c5)C(=O)[C@@H]4[C@@H]3C[C@@]3(Cl)C(=O)N(CBr)C(=O)[C@@]23Cl)ccc1O. The van der Waals surface area contributed by atoms with Gasteiger partial charge in [-0.25, -0.2) is 4.90 Å². The van der Waals surface area contributed by atoms with Crippen molar-refractivity contribution in [3.63, 3.8) is 0 Å². The van der Waals surface area contributed by atoms with E-state index in [1.54, 1.807) is 30.4 Å². The van der Waals surface area contributed by atoms with Gasteiger partial charge in [0.15, 0.2) is 21.2 Å². The zero-order chi connectivity index (χ0) is 31.7. The number of carbonyl (C=O) groups is 4. The molecule has 0 unspecified atom stereocenters. The standard InChI is InChI=1S/C30H24BrCl2N3O8/c1-44-23-11-15(6-10-22(23)37)5-9-21-18-7-8-19-24(20(18)13-29(32)27(40)34(14-31)28(41)30(21,29)33)26(39)35(25(19)38)16-3-2-4-17(12-16)36(42)43/h2-7,9-12,19-21,24,37H,8,13-14H2,1H3/t19-,20+,21-,24-,29+,30-/m0/s1. The predicted molar refractivity (Wildman–Crippen MR) is 163 cm³/mol. The molecular weight excluding hydrogens is 681 g/mol. The summed E-state index contributed by atoms with van der Waals surface area (Å²) in [6.45, 7) is 0. The highest BCUT2D eigenvalue weighted by molar-refractivity contribution is 9.09. The molecule has 4 amide bonds. The molecule has 0 aromatic heterocycles. The number of hydrogen-bond donors (Lipinski definition) is 1. The number of methoxy groups -OCH3 is 1. The first-order chi connectivity index (χ1) is 20.9. The second kappa shape index (κ2) is 10.7. The molecule has 2 saturated heterocycles. The number of nitro benzene ring substituents is 1. The molecule has 228 valence electrons. The van der Waals surface area contributed by atoms with Crippen LogP contribution >= 0.6 is 39.1 Å². The monoisotopic (exact) mass is 703 g/mol. The van der Waals surface area contributed by atoms with Gasteiger partial charge in [0.05, 0.1) is 35.0 Å². The van der Waals surface area contributed by atoms with Crippen molar-refractivity contribution in [2.45, 2.75) is 22.6 Å². The van der Waals surface area contributed by atoms with Crippen LogP contribution in [0.5, 0.6) is 11.5 Å². The molecule has 2 heterocycles. The summed E-state index contributed by atoms with van der Waals surface area (Å²) >= 11 is 17.5. The molecule has 6 rings (SSSR count). The molecule has 0 bridgehead atoms. The van der Waals surface area contributed by atoms with Crippen LogP contribution in [0.2, 0.25) is 0 Å². The highest BCUT2D eigenvalue weighted by Crippen LogP contribution is 2.63. The molecule has 0 radical (unpaired) electrons. The summed E-state index contributed by atoms with van der Waals surface area (Å²) in [5, 5.41) is 21.4. The van der Waals surface area contributed by atoms with Crippen LogP contribution in [0.4, 0.5) is 11.4 Å². The number of likely N-dealkylation sites (tertiary alicyclic amines) is 1. The second-order valence-electron chi connectivity index (χ2n) is 11.1. The van der Waals surface area contributed by atoms with E-state index in [9.17, 15) is 34.4 Å². The minimum absolute atomic E-state index is 0.0701. The van der Waals surface area contributed by atoms with Crippen molar-refractivity contribution >= 4 is 80.2 Å². The average Bonchev–Trinajstić information content (AvgIpc) is 3.34. The molecule has 2 aromatic rings. The number of benzene rings is 2. The summed E-state index contributed by atoms with van der Waals surface area (Å²) in [5.41, 5.74) is 0.840. The molecule has 11 nitrogen and oxygen atoms in total. The number of halogens is 3. The van der Waals surface area contributed by atoms with Gasteiger partial charge in [0.2, 0.25) is 11.8 Å². The Morgan fingerprint density at radius 3 is 2.55 bits per heavy atom. The molecule has 4 aliphatic rings. The number of hydrogen-bond acceptors (Lipinski definition) is 8. The Morgan fingerprint density at radius 2 is 1.86 bits per heavy atom. The van der Waals surface area contributed by atoms with Crippen molar-refractivity contribution in [2.24, 2.45) is 23.7 Å².